The van der Waals surface area contributed by atoms with E-state index in [-0.39, 0.29) is 0 Å². The van der Waals surface area contributed by atoms with Crippen LogP contribution >= 0.6 is 15.9 Å². The van der Waals surface area contributed by atoms with Gasteiger partial charge in [-0.05, 0) is 44.0 Å². The molecule has 1 N–H and O–H groups in total. The highest BCUT2D eigenvalue weighted by atomic mass is 79.9. The molecule has 0 aromatic heterocycles. The predicted molar refractivity (Wildman–Crippen MR) is 79.3 cm³/mol. The van der Waals surface area contributed by atoms with Crippen molar-refractivity contribution >= 4 is 21.9 Å². The minimum atomic E-state index is -0.631. The van der Waals surface area contributed by atoms with E-state index in [1.165, 1.54) is 5.56 Å². The van der Waals surface area contributed by atoms with Gasteiger partial charge >= 0.3 is 5.97 Å². The van der Waals surface area contributed by atoms with E-state index >= 15 is 0 Å². The van der Waals surface area contributed by atoms with Crippen LogP contribution < -0.4 is 0 Å². The quantitative estimate of drug-likeness (QED) is 0.873. The molecule has 0 heterocycles. The van der Waals surface area contributed by atoms with Crippen molar-refractivity contribution in [2.24, 2.45) is 5.41 Å². The van der Waals surface area contributed by atoms with Crippen molar-refractivity contribution in [3.63, 3.8) is 0 Å². The van der Waals surface area contributed by atoms with Crippen molar-refractivity contribution in [3.8, 4) is 0 Å². The number of carboxylic acids is 1. The van der Waals surface area contributed by atoms with Crippen LogP contribution in [-0.2, 0) is 11.2 Å². The molecule has 19 heavy (non-hydrogen) atoms. The van der Waals surface area contributed by atoms with Crippen LogP contribution in [0.2, 0.25) is 0 Å². The van der Waals surface area contributed by atoms with E-state index in [0.29, 0.717) is 6.54 Å². The number of hydrogen-bond donors (Lipinski definition) is 1. The van der Waals surface area contributed by atoms with Crippen molar-refractivity contribution in [1.29, 1.82) is 0 Å². The Bertz CT molecular complexity index is 457. The molecule has 0 spiro atoms. The van der Waals surface area contributed by atoms with E-state index in [1.54, 1.807) is 0 Å². The van der Waals surface area contributed by atoms with Gasteiger partial charge in [0.25, 0.3) is 0 Å². The molecule has 0 aliphatic heterocycles. The molecule has 104 valence electrons. The second-order valence-corrected chi connectivity index (χ2v) is 6.47. The van der Waals surface area contributed by atoms with E-state index in [2.05, 4.69) is 33.0 Å². The molecule has 0 bridgehead atoms. The topological polar surface area (TPSA) is 40.5 Å². The zero-order valence-electron chi connectivity index (χ0n) is 11.2. The number of carboxylic acid groups (broad SMARTS) is 1. The molecule has 3 nitrogen and oxygen atoms in total. The number of benzene rings is 1. The summed E-state index contributed by atoms with van der Waals surface area (Å²) in [6, 6.07) is 8.27. The Kier molecular flexibility index (Phi) is 4.63. The number of rotatable bonds is 6. The fraction of sp³-hybridized carbons (Fsp3) is 0.533. The van der Waals surface area contributed by atoms with Crippen LogP contribution in [0.4, 0.5) is 0 Å². The molecule has 0 unspecified atom stereocenters. The summed E-state index contributed by atoms with van der Waals surface area (Å²) in [5, 5.41) is 9.32. The van der Waals surface area contributed by atoms with Crippen LogP contribution in [0.3, 0.4) is 0 Å². The molecule has 1 aromatic carbocycles. The summed E-state index contributed by atoms with van der Waals surface area (Å²) in [6.45, 7) is 1.56. The first-order chi connectivity index (χ1) is 9.02. The molecule has 0 radical (unpaired) electrons. The third kappa shape index (κ3) is 3.57. The number of carbonyl (C=O) groups is 1. The molecule has 1 saturated carbocycles. The number of likely N-dealkylation sites (N-methyl/N-ethyl adjacent to an activating group) is 1. The van der Waals surface area contributed by atoms with E-state index in [4.69, 9.17) is 0 Å². The summed E-state index contributed by atoms with van der Waals surface area (Å²) in [5.74, 6) is -0.631. The van der Waals surface area contributed by atoms with E-state index in [0.717, 1.165) is 36.7 Å². The number of hydrogen-bond acceptors (Lipinski definition) is 2. The maximum absolute atomic E-state index is 11.3. The standard InChI is InChI=1S/C15H20BrNO2/c1-17(11-15(14(18)19)7-3-8-15)9-6-12-4-2-5-13(16)10-12/h2,4-5,10H,3,6-9,11H2,1H3,(H,18,19). The Labute approximate surface area is 122 Å². The molecule has 0 amide bonds. The highest BCUT2D eigenvalue weighted by molar-refractivity contribution is 9.10. The molecule has 1 aliphatic rings. The maximum Gasteiger partial charge on any atom is 0.310 e. The van der Waals surface area contributed by atoms with Crippen LogP contribution in [0.1, 0.15) is 24.8 Å². The van der Waals surface area contributed by atoms with Gasteiger partial charge in [-0.25, -0.2) is 0 Å². The Morgan fingerprint density at radius 3 is 2.74 bits per heavy atom. The van der Waals surface area contributed by atoms with Gasteiger partial charge < -0.3 is 10.0 Å². The molecule has 2 rings (SSSR count). The van der Waals surface area contributed by atoms with Crippen LogP contribution in [0.15, 0.2) is 28.7 Å². The Hall–Kier alpha value is -0.870. The molecule has 0 atom stereocenters. The number of aliphatic carboxylic acids is 1. The maximum atomic E-state index is 11.3. The smallest absolute Gasteiger partial charge is 0.310 e. The van der Waals surface area contributed by atoms with Gasteiger partial charge in [0.2, 0.25) is 0 Å². The van der Waals surface area contributed by atoms with Crippen LogP contribution in [0.25, 0.3) is 0 Å². The molecular formula is C15H20BrNO2. The second-order valence-electron chi connectivity index (χ2n) is 5.56. The lowest BCUT2D eigenvalue weighted by Gasteiger charge is -2.40. The summed E-state index contributed by atoms with van der Waals surface area (Å²) >= 11 is 3.47. The van der Waals surface area contributed by atoms with E-state index in [1.807, 2.05) is 19.2 Å². The summed E-state index contributed by atoms with van der Waals surface area (Å²) in [6.07, 6.45) is 3.64. The summed E-state index contributed by atoms with van der Waals surface area (Å²) in [5.41, 5.74) is 0.797. The Morgan fingerprint density at radius 1 is 1.47 bits per heavy atom. The first-order valence-electron chi connectivity index (χ1n) is 6.68. The van der Waals surface area contributed by atoms with Gasteiger partial charge in [0.15, 0.2) is 0 Å². The van der Waals surface area contributed by atoms with Crippen LogP contribution in [0.5, 0.6) is 0 Å². The highest BCUT2D eigenvalue weighted by Crippen LogP contribution is 2.41. The fourth-order valence-corrected chi connectivity index (χ4v) is 3.10. The molecule has 1 aromatic rings. The van der Waals surface area contributed by atoms with Gasteiger partial charge in [-0.15, -0.1) is 0 Å². The first-order valence-corrected chi connectivity index (χ1v) is 7.47. The normalized spacial score (nSPS) is 17.2. The average Bonchev–Trinajstić information content (AvgIpc) is 2.31. The largest absolute Gasteiger partial charge is 0.481 e. The molecule has 1 fully saturated rings. The van der Waals surface area contributed by atoms with Gasteiger partial charge in [0, 0.05) is 17.6 Å². The third-order valence-corrected chi connectivity index (χ3v) is 4.50. The Morgan fingerprint density at radius 2 is 2.21 bits per heavy atom. The van der Waals surface area contributed by atoms with Crippen molar-refractivity contribution in [2.75, 3.05) is 20.1 Å². The van der Waals surface area contributed by atoms with Gasteiger partial charge in [-0.2, -0.15) is 0 Å². The average molecular weight is 326 g/mol. The minimum absolute atomic E-state index is 0.480. The summed E-state index contributed by atoms with van der Waals surface area (Å²) in [7, 11) is 2.01. The number of halogens is 1. The van der Waals surface area contributed by atoms with E-state index in [9.17, 15) is 9.90 Å². The number of nitrogens with zero attached hydrogens (tertiary/aromatic N) is 1. The molecule has 4 heteroatoms. The summed E-state index contributed by atoms with van der Waals surface area (Å²) in [4.78, 5) is 13.5. The zero-order valence-corrected chi connectivity index (χ0v) is 12.8. The second kappa shape index (κ2) is 6.06. The van der Waals surface area contributed by atoms with Gasteiger partial charge in [0.05, 0.1) is 5.41 Å². The van der Waals surface area contributed by atoms with Crippen LogP contribution in [0, 0.1) is 5.41 Å². The van der Waals surface area contributed by atoms with Crippen molar-refractivity contribution in [2.45, 2.75) is 25.7 Å². The monoisotopic (exact) mass is 325 g/mol. The van der Waals surface area contributed by atoms with Crippen molar-refractivity contribution in [1.82, 2.24) is 4.90 Å². The Balaban J connectivity index is 1.85. The van der Waals surface area contributed by atoms with Crippen LogP contribution in [-0.4, -0.2) is 36.1 Å². The van der Waals surface area contributed by atoms with Crippen molar-refractivity contribution in [3.05, 3.63) is 34.3 Å². The molecular weight excluding hydrogens is 306 g/mol. The third-order valence-electron chi connectivity index (χ3n) is 4.01. The van der Waals surface area contributed by atoms with Gasteiger partial charge in [-0.3, -0.25) is 4.79 Å². The minimum Gasteiger partial charge on any atom is -0.481 e. The molecule has 0 saturated heterocycles. The van der Waals surface area contributed by atoms with E-state index < -0.39 is 11.4 Å². The lowest BCUT2D eigenvalue weighted by Crippen LogP contribution is -2.47. The van der Waals surface area contributed by atoms with Gasteiger partial charge in [0.1, 0.15) is 0 Å². The fourth-order valence-electron chi connectivity index (χ4n) is 2.65. The van der Waals surface area contributed by atoms with Crippen molar-refractivity contribution < 1.29 is 9.90 Å². The molecule has 1 aliphatic carbocycles. The lowest BCUT2D eigenvalue weighted by atomic mass is 9.68. The van der Waals surface area contributed by atoms with Gasteiger partial charge in [-0.1, -0.05) is 34.5 Å². The SMILES string of the molecule is CN(CCc1cccc(Br)c1)CC1(C(=O)O)CCC1. The lowest BCUT2D eigenvalue weighted by molar-refractivity contribution is -0.156. The first kappa shape index (κ1) is 14.5. The highest BCUT2D eigenvalue weighted by Gasteiger charge is 2.44. The zero-order chi connectivity index (χ0) is 13.9. The predicted octanol–water partition coefficient (Wildman–Crippen LogP) is 3.18. The summed E-state index contributed by atoms with van der Waals surface area (Å²) < 4.78 is 1.09.